The molecule has 482 valence electrons. The first-order valence-electron chi connectivity index (χ1n) is 20.3. The fourth-order valence-corrected chi connectivity index (χ4v) is 120. The Balaban J connectivity index is 0.000000304. The molecule has 8 aromatic rings. The third-order valence-electron chi connectivity index (χ3n) is 8.12. The minimum Gasteiger partial charge on any atom is -0.503 e. The summed E-state index contributed by atoms with van der Waals surface area (Å²) in [5.41, 5.74) is 17.2. The van der Waals surface area contributed by atoms with E-state index in [4.69, 9.17) is 32.0 Å². The molecular formula is C34H19N6O2Pd2S44-. The van der Waals surface area contributed by atoms with Gasteiger partial charge in [-0.1, -0.05) is 48.0 Å². The Morgan fingerprint density at radius 3 is 1.34 bits per heavy atom. The van der Waals surface area contributed by atoms with Crippen LogP contribution in [0, 0.1) is 12.1 Å². The molecule has 0 aliphatic rings. The number of ether oxygens (including phenoxy) is 1. The summed E-state index contributed by atoms with van der Waals surface area (Å²) in [5, 5.41) is 4.86. The molecular weight excluding hydrogens is 2150 g/mol. The quantitative estimate of drug-likeness (QED) is 0.0573. The maximum atomic E-state index is 10.4. The number of hydrogen-bond donors (Lipinski definition) is 0. The van der Waals surface area contributed by atoms with Crippen LogP contribution in [0.25, 0.3) is 75.0 Å². The summed E-state index contributed by atoms with van der Waals surface area (Å²) in [6, 6.07) is 41.7. The third-order valence-corrected chi connectivity index (χ3v) is 103. The maximum absolute atomic E-state index is 10.4. The van der Waals surface area contributed by atoms with E-state index in [1.807, 2.05) is 291 Å². The molecule has 0 saturated carbocycles. The number of thiophene rings is 1. The van der Waals surface area contributed by atoms with Crippen molar-refractivity contribution in [3.05, 3.63) is 144 Å². The zero-order chi connectivity index (χ0) is 60.9. The molecule has 0 N–H and O–H groups in total. The predicted octanol–water partition coefficient (Wildman–Crippen LogP) is 9.64. The van der Waals surface area contributed by atoms with E-state index >= 15 is 0 Å². The molecule has 4 aromatic heterocycles. The van der Waals surface area contributed by atoms with Gasteiger partial charge < -0.3 is 25.4 Å². The SMILES string of the molecule is [N-]=[N+]=[N-].[O]=[Pd]=[S]=S=S=S=S=S=S=S=S=S=S=S=S=S=S=S=S=S=S=S=S=S=S=S=S=S=S=S=S=S=S=S=S=S=S=S=S=S=S=S=S=S=S.[Pd+2].[c-]1c(Oc2[c-]c3c(cc2)c2c4c(ccc2n3-c2ccccn2)sc2ccccc24)cccc1-c1ccccn1. The molecule has 0 radical (unpaired) electrons. The Bertz CT molecular complexity index is 5890. The van der Waals surface area contributed by atoms with Crippen molar-refractivity contribution in [3.63, 3.8) is 0 Å². The first kappa shape index (κ1) is 83.6. The van der Waals surface area contributed by atoms with Crippen LogP contribution in [0.1, 0.15) is 0 Å². The minimum atomic E-state index is -0.458. The fourth-order valence-electron chi connectivity index (χ4n) is 5.77. The molecule has 0 fully saturated rings. The Labute approximate surface area is 653 Å². The van der Waals surface area contributed by atoms with E-state index in [2.05, 4.69) is 64.1 Å². The van der Waals surface area contributed by atoms with Gasteiger partial charge in [-0.3, -0.25) is 4.91 Å². The summed E-state index contributed by atoms with van der Waals surface area (Å²) in [5.74, 6) is 2.07. The molecule has 0 aliphatic carbocycles. The van der Waals surface area contributed by atoms with E-state index in [1.165, 1.54) is 47.0 Å². The molecule has 88 heavy (non-hydrogen) atoms. The number of aromatic nitrogens is 3. The molecule has 0 bridgehead atoms. The molecule has 0 aliphatic heterocycles. The van der Waals surface area contributed by atoms with E-state index in [0.717, 1.165) is 33.5 Å². The van der Waals surface area contributed by atoms with Gasteiger partial charge >= 0.3 is 145 Å². The summed E-state index contributed by atoms with van der Waals surface area (Å²) in [6.45, 7) is 0. The van der Waals surface area contributed by atoms with Gasteiger partial charge in [-0.25, -0.2) is 4.98 Å². The molecule has 0 atom stereocenters. The first-order valence-corrected chi connectivity index (χ1v) is 79.9. The Morgan fingerprint density at radius 2 is 0.886 bits per heavy atom. The molecule has 8 rings (SSSR count). The molecule has 0 spiro atoms. The smallest absolute Gasteiger partial charge is 0.503 e. The summed E-state index contributed by atoms with van der Waals surface area (Å²) < 4.78 is 21.4. The monoisotopic (exact) mass is 2160 g/mol. The van der Waals surface area contributed by atoms with Crippen LogP contribution in [0.2, 0.25) is 0 Å². The second-order valence-corrected chi connectivity index (χ2v) is 89.5. The van der Waals surface area contributed by atoms with Gasteiger partial charge in [-0.2, -0.15) is 6.07 Å². The summed E-state index contributed by atoms with van der Waals surface area (Å²) in [7, 11) is 74.3. The van der Waals surface area contributed by atoms with Gasteiger partial charge in [0.2, 0.25) is 0 Å². The Kier molecular flexibility index (Phi) is 53.7. The minimum absolute atomic E-state index is 0. The van der Waals surface area contributed by atoms with Gasteiger partial charge in [0, 0.05) is 316 Å². The van der Waals surface area contributed by atoms with Crippen LogP contribution >= 0.6 is 11.3 Å². The van der Waals surface area contributed by atoms with Crippen molar-refractivity contribution >= 4 is 436 Å². The number of fused-ring (bicyclic) bond motifs is 7. The van der Waals surface area contributed by atoms with Crippen LogP contribution in [0.5, 0.6) is 11.5 Å². The zero-order valence-electron chi connectivity index (χ0n) is 40.6. The number of nitrogens with zero attached hydrogens (tertiary/aromatic N) is 6. The van der Waals surface area contributed by atoms with Crippen LogP contribution in [0.4, 0.5) is 0 Å². The van der Waals surface area contributed by atoms with E-state index in [0.29, 0.717) is 11.5 Å². The van der Waals surface area contributed by atoms with Crippen LogP contribution in [-0.2, 0) is 423 Å². The topological polar surface area (TPSA) is 116 Å². The molecule has 4 heterocycles. The Hall–Kier alpha value is 4.89. The van der Waals surface area contributed by atoms with Gasteiger partial charge in [0.15, 0.2) is 0 Å². The van der Waals surface area contributed by atoms with Crippen molar-refractivity contribution in [2.24, 2.45) is 0 Å². The summed E-state index contributed by atoms with van der Waals surface area (Å²) in [4.78, 5) is 10.6. The first-order chi connectivity index (χ1) is 43.2. The van der Waals surface area contributed by atoms with Crippen LogP contribution in [0.3, 0.4) is 0 Å². The predicted molar refractivity (Wildman–Crippen MR) is 486 cm³/mol. The van der Waals surface area contributed by atoms with Gasteiger partial charge in [-0.15, -0.1) is 52.6 Å². The molecule has 54 heteroatoms. The number of rotatable bonds is 4. The number of pyridine rings is 2. The zero-order valence-corrected chi connectivity index (χ0v) is 79.6. The molecule has 0 saturated heterocycles. The van der Waals surface area contributed by atoms with Gasteiger partial charge in [0.05, 0.1) is 0 Å². The van der Waals surface area contributed by atoms with Crippen LogP contribution in [0.15, 0.2) is 116 Å². The van der Waals surface area contributed by atoms with E-state index in [9.17, 15) is 3.47 Å². The summed E-state index contributed by atoms with van der Waals surface area (Å²) >= 11 is 6.17. The Morgan fingerprint density at radius 1 is 0.443 bits per heavy atom. The van der Waals surface area contributed by atoms with Crippen molar-refractivity contribution in [3.8, 4) is 28.6 Å². The molecule has 8 nitrogen and oxygen atoms in total. The van der Waals surface area contributed by atoms with E-state index in [1.54, 1.807) is 148 Å². The molecule has 4 aromatic carbocycles. The van der Waals surface area contributed by atoms with Crippen molar-refractivity contribution in [1.82, 2.24) is 14.5 Å². The second-order valence-electron chi connectivity index (χ2n) is 12.3. The number of benzene rings is 4. The molecule has 0 unspecified atom stereocenters. The third kappa shape index (κ3) is 34.5. The van der Waals surface area contributed by atoms with Crippen molar-refractivity contribution in [1.29, 1.82) is 0 Å². The van der Waals surface area contributed by atoms with Crippen LogP contribution < -0.4 is 4.74 Å². The van der Waals surface area contributed by atoms with E-state index < -0.39 is 16.1 Å². The average Bonchev–Trinajstić information content (AvgIpc) is 1.68. The fraction of sp³-hybridized carbons (Fsp3) is 0. The van der Waals surface area contributed by atoms with Gasteiger partial charge in [0.1, 0.15) is 5.82 Å². The molecule has 0 amide bonds. The summed E-state index contributed by atoms with van der Waals surface area (Å²) in [6.07, 6.45) is 3.60. The van der Waals surface area contributed by atoms with Crippen molar-refractivity contribution in [2.75, 3.05) is 0 Å². The van der Waals surface area contributed by atoms with Gasteiger partial charge in [-0.05, 0) is 58.3 Å². The van der Waals surface area contributed by atoms with E-state index in [-0.39, 0.29) is 20.4 Å². The second kappa shape index (κ2) is 56.5. The standard InChI is InChI=1S/C34H19N3OS.N3.O.2Pd.S43/c1-2-12-30-26(10-1)34-31(39-30)17-16-28-33(34)25-15-14-24(21-29(25)37(28)32-13-4-6-19-36-32)38-23-9-7-8-22(20-23)27-11-3-5-18-35-27;1-3-2;;;;1-3-5-7-9-11-13-15-17-19-21-23-25-27-29-31-33-35-37-39-41-43-42-40-38-36-34-32-30-28-26-24-22-20-18-16-14-12-10-8-6-4-2/h1-19H;;;;;/q-2;-1;;;+2;. The van der Waals surface area contributed by atoms with Crippen molar-refractivity contribution < 1.29 is 44.8 Å². The number of hydrogen-bond acceptors (Lipinski definition) is 6. The van der Waals surface area contributed by atoms with Crippen LogP contribution in [-0.4, -0.2) is 14.5 Å². The van der Waals surface area contributed by atoms with Gasteiger partial charge in [0.25, 0.3) is 0 Å². The normalized spacial score (nSPS) is 9.27. The average molecular weight is 2170 g/mol. The van der Waals surface area contributed by atoms with Crippen molar-refractivity contribution in [2.45, 2.75) is 0 Å².